The Morgan fingerprint density at radius 2 is 1.00 bits per heavy atom. The first-order chi connectivity index (χ1) is 4.50. The molecule has 0 aromatic rings. The average Bonchev–Trinajstić information content (AvgIpc) is 2.00. The molecule has 1 aliphatic heterocycles. The molecule has 0 bridgehead atoms. The first-order valence-corrected chi connectivity index (χ1v) is 3.74. The molecular weight excluding hydrogens is 116 g/mol. The van der Waals surface area contributed by atoms with E-state index in [1.807, 2.05) is 0 Å². The van der Waals surface area contributed by atoms with Crippen LogP contribution < -0.4 is 0 Å². The maximum absolute atomic E-state index is 4.85. The predicted octanol–water partition coefficient (Wildman–Crippen LogP) is 1.90. The summed E-state index contributed by atoms with van der Waals surface area (Å²) in [5.41, 5.74) is 0. The van der Waals surface area contributed by atoms with Crippen LogP contribution in [0, 0.1) is 0 Å². The van der Waals surface area contributed by atoms with Crippen molar-refractivity contribution in [3.8, 4) is 0 Å². The van der Waals surface area contributed by atoms with E-state index in [9.17, 15) is 0 Å². The molecule has 0 aromatic heterocycles. The van der Waals surface area contributed by atoms with Gasteiger partial charge in [0, 0.05) is 0 Å². The Labute approximate surface area is 56.1 Å². The Kier molecular flexibility index (Phi) is 3.72. The molecule has 0 saturated carbocycles. The van der Waals surface area contributed by atoms with E-state index in [1.54, 1.807) is 0 Å². The van der Waals surface area contributed by atoms with Crippen LogP contribution in [-0.4, -0.2) is 13.2 Å². The molecule has 0 amide bonds. The van der Waals surface area contributed by atoms with Gasteiger partial charge < -0.3 is 0 Å². The predicted molar refractivity (Wildman–Crippen MR) is 35.0 cm³/mol. The third kappa shape index (κ3) is 3.49. The standard InChI is InChI=1S/C7H14O2/c1-2-4-6-8-9-7-5-3-1/h1-7H2. The minimum atomic E-state index is 0.778. The molecular formula is C7H14O2. The van der Waals surface area contributed by atoms with Crippen molar-refractivity contribution >= 4 is 0 Å². The minimum Gasteiger partial charge on any atom is -0.237 e. The highest BCUT2D eigenvalue weighted by Gasteiger charge is 1.96. The maximum Gasteiger partial charge on any atom is 0.0822 e. The topological polar surface area (TPSA) is 18.5 Å². The summed E-state index contributed by atoms with van der Waals surface area (Å²) in [5, 5.41) is 0. The molecule has 0 atom stereocenters. The van der Waals surface area contributed by atoms with Crippen molar-refractivity contribution in [1.29, 1.82) is 0 Å². The fraction of sp³-hybridized carbons (Fsp3) is 1.00. The van der Waals surface area contributed by atoms with Gasteiger partial charge >= 0.3 is 0 Å². The fourth-order valence-corrected chi connectivity index (χ4v) is 0.970. The van der Waals surface area contributed by atoms with E-state index >= 15 is 0 Å². The van der Waals surface area contributed by atoms with E-state index in [-0.39, 0.29) is 0 Å². The highest BCUT2D eigenvalue weighted by molar-refractivity contribution is 4.43. The van der Waals surface area contributed by atoms with Crippen LogP contribution in [0.15, 0.2) is 0 Å². The van der Waals surface area contributed by atoms with Crippen molar-refractivity contribution < 1.29 is 9.78 Å². The first kappa shape index (κ1) is 7.03. The maximum atomic E-state index is 4.85. The quantitative estimate of drug-likeness (QED) is 0.466. The summed E-state index contributed by atoms with van der Waals surface area (Å²) >= 11 is 0. The van der Waals surface area contributed by atoms with Crippen LogP contribution in [0.25, 0.3) is 0 Å². The van der Waals surface area contributed by atoms with Gasteiger partial charge in [0.2, 0.25) is 0 Å². The largest absolute Gasteiger partial charge is 0.237 e. The van der Waals surface area contributed by atoms with Crippen molar-refractivity contribution in [2.24, 2.45) is 0 Å². The Bertz CT molecular complexity index is 35.4. The molecule has 0 aliphatic carbocycles. The second-order valence-corrected chi connectivity index (χ2v) is 2.41. The SMILES string of the molecule is C1CCCOOCCC1. The van der Waals surface area contributed by atoms with Crippen LogP contribution in [0.5, 0.6) is 0 Å². The van der Waals surface area contributed by atoms with Gasteiger partial charge in [-0.25, -0.2) is 9.78 Å². The zero-order valence-electron chi connectivity index (χ0n) is 5.77. The van der Waals surface area contributed by atoms with Gasteiger partial charge in [-0.15, -0.1) is 0 Å². The van der Waals surface area contributed by atoms with Gasteiger partial charge in [-0.2, -0.15) is 0 Å². The molecule has 2 heteroatoms. The van der Waals surface area contributed by atoms with Crippen molar-refractivity contribution in [3.63, 3.8) is 0 Å². The lowest BCUT2D eigenvalue weighted by atomic mass is 10.2. The molecule has 0 aromatic carbocycles. The number of hydrogen-bond acceptors (Lipinski definition) is 2. The molecule has 2 nitrogen and oxygen atoms in total. The van der Waals surface area contributed by atoms with Gasteiger partial charge in [0.25, 0.3) is 0 Å². The highest BCUT2D eigenvalue weighted by Crippen LogP contribution is 2.05. The van der Waals surface area contributed by atoms with Gasteiger partial charge in [0.1, 0.15) is 0 Å². The second-order valence-electron chi connectivity index (χ2n) is 2.41. The van der Waals surface area contributed by atoms with Gasteiger partial charge in [0.15, 0.2) is 0 Å². The third-order valence-electron chi connectivity index (χ3n) is 1.54. The summed E-state index contributed by atoms with van der Waals surface area (Å²) in [6.07, 6.45) is 6.24. The van der Waals surface area contributed by atoms with Crippen molar-refractivity contribution in [2.45, 2.75) is 32.1 Å². The molecule has 9 heavy (non-hydrogen) atoms. The molecule has 0 N–H and O–H groups in total. The molecule has 1 aliphatic rings. The Morgan fingerprint density at radius 1 is 0.556 bits per heavy atom. The van der Waals surface area contributed by atoms with Crippen LogP contribution in [0.4, 0.5) is 0 Å². The van der Waals surface area contributed by atoms with Crippen molar-refractivity contribution in [1.82, 2.24) is 0 Å². The van der Waals surface area contributed by atoms with Gasteiger partial charge in [-0.3, -0.25) is 0 Å². The lowest BCUT2D eigenvalue weighted by Crippen LogP contribution is -1.95. The zero-order valence-corrected chi connectivity index (χ0v) is 5.77. The molecule has 1 fully saturated rings. The van der Waals surface area contributed by atoms with Crippen LogP contribution >= 0.6 is 0 Å². The summed E-state index contributed by atoms with van der Waals surface area (Å²) in [6.45, 7) is 1.56. The summed E-state index contributed by atoms with van der Waals surface area (Å²) in [5.74, 6) is 0. The first-order valence-electron chi connectivity index (χ1n) is 3.74. The van der Waals surface area contributed by atoms with E-state index < -0.39 is 0 Å². The monoisotopic (exact) mass is 130 g/mol. The molecule has 0 unspecified atom stereocenters. The Balaban J connectivity index is 2.02. The molecule has 0 radical (unpaired) electrons. The highest BCUT2D eigenvalue weighted by atomic mass is 17.2. The lowest BCUT2D eigenvalue weighted by Gasteiger charge is -1.97. The van der Waals surface area contributed by atoms with Crippen molar-refractivity contribution in [3.05, 3.63) is 0 Å². The van der Waals surface area contributed by atoms with E-state index in [1.165, 1.54) is 19.3 Å². The van der Waals surface area contributed by atoms with Gasteiger partial charge in [0.05, 0.1) is 13.2 Å². The number of hydrogen-bond donors (Lipinski definition) is 0. The van der Waals surface area contributed by atoms with Crippen LogP contribution in [0.3, 0.4) is 0 Å². The molecule has 1 rings (SSSR count). The molecule has 0 spiro atoms. The third-order valence-corrected chi connectivity index (χ3v) is 1.54. The average molecular weight is 130 g/mol. The Hall–Kier alpha value is -0.0800. The summed E-state index contributed by atoms with van der Waals surface area (Å²) in [7, 11) is 0. The summed E-state index contributed by atoms with van der Waals surface area (Å²) in [4.78, 5) is 9.71. The van der Waals surface area contributed by atoms with Crippen LogP contribution in [0.1, 0.15) is 32.1 Å². The van der Waals surface area contributed by atoms with Gasteiger partial charge in [-0.1, -0.05) is 19.3 Å². The molecule has 1 saturated heterocycles. The van der Waals surface area contributed by atoms with E-state index in [4.69, 9.17) is 9.78 Å². The van der Waals surface area contributed by atoms with E-state index in [0.717, 1.165) is 26.1 Å². The number of rotatable bonds is 0. The van der Waals surface area contributed by atoms with Crippen molar-refractivity contribution in [2.75, 3.05) is 13.2 Å². The Morgan fingerprint density at radius 3 is 1.56 bits per heavy atom. The van der Waals surface area contributed by atoms with Gasteiger partial charge in [-0.05, 0) is 12.8 Å². The van der Waals surface area contributed by atoms with Crippen LogP contribution in [-0.2, 0) is 9.78 Å². The lowest BCUT2D eigenvalue weighted by molar-refractivity contribution is -0.294. The minimum absolute atomic E-state index is 0.778. The summed E-state index contributed by atoms with van der Waals surface area (Å²) < 4.78 is 0. The molecule has 1 heterocycles. The normalized spacial score (nSPS) is 24.0. The zero-order chi connectivity index (χ0) is 6.36. The molecule has 54 valence electrons. The fourth-order valence-electron chi connectivity index (χ4n) is 0.970. The second kappa shape index (κ2) is 4.77. The van der Waals surface area contributed by atoms with Crippen LogP contribution in [0.2, 0.25) is 0 Å². The smallest absolute Gasteiger partial charge is 0.0822 e. The summed E-state index contributed by atoms with van der Waals surface area (Å²) in [6, 6.07) is 0. The van der Waals surface area contributed by atoms with E-state index in [0.29, 0.717) is 0 Å². The van der Waals surface area contributed by atoms with E-state index in [2.05, 4.69) is 0 Å².